The first-order valence-electron chi connectivity index (χ1n) is 7.62. The molecule has 1 aliphatic heterocycles. The lowest BCUT2D eigenvalue weighted by Crippen LogP contribution is -2.24. The van der Waals surface area contributed by atoms with Crippen LogP contribution >= 0.6 is 0 Å². The molecule has 130 valence electrons. The Bertz CT molecular complexity index is 1120. The standard InChI is InChI=1S/C18H11F2N3O3/c1-8-21-12-6-5-9(7-13(12)26-8)22-16-14(17(24)23-18(16)25)10-3-2-4-11(19)15(10)20/h2-7H,1H3,(H2,22,23,24,25). The Hall–Kier alpha value is -3.55. The molecule has 2 amide bonds. The van der Waals surface area contributed by atoms with Crippen LogP contribution in [0.5, 0.6) is 0 Å². The third-order valence-corrected chi connectivity index (χ3v) is 3.92. The number of halogens is 2. The number of carbonyl (C=O) groups excluding carboxylic acids is 2. The van der Waals surface area contributed by atoms with Gasteiger partial charge in [-0.1, -0.05) is 12.1 Å². The van der Waals surface area contributed by atoms with Crippen molar-refractivity contribution < 1.29 is 22.8 Å². The van der Waals surface area contributed by atoms with Crippen molar-refractivity contribution in [2.24, 2.45) is 0 Å². The molecule has 4 rings (SSSR count). The van der Waals surface area contributed by atoms with Gasteiger partial charge in [-0.15, -0.1) is 0 Å². The molecule has 0 unspecified atom stereocenters. The number of aromatic nitrogens is 1. The zero-order valence-corrected chi connectivity index (χ0v) is 13.4. The maximum Gasteiger partial charge on any atom is 0.275 e. The third kappa shape index (κ3) is 2.52. The van der Waals surface area contributed by atoms with Gasteiger partial charge in [0.25, 0.3) is 11.8 Å². The average molecular weight is 355 g/mol. The number of hydrogen-bond donors (Lipinski definition) is 2. The lowest BCUT2D eigenvalue weighted by Gasteiger charge is -2.08. The number of nitrogens with zero attached hydrogens (tertiary/aromatic N) is 1. The highest BCUT2D eigenvalue weighted by Gasteiger charge is 2.33. The van der Waals surface area contributed by atoms with Crippen molar-refractivity contribution in [2.45, 2.75) is 6.92 Å². The van der Waals surface area contributed by atoms with E-state index in [4.69, 9.17) is 4.42 Å². The molecule has 0 radical (unpaired) electrons. The molecule has 6 nitrogen and oxygen atoms in total. The van der Waals surface area contributed by atoms with Crippen molar-refractivity contribution in [3.63, 3.8) is 0 Å². The monoisotopic (exact) mass is 355 g/mol. The summed E-state index contributed by atoms with van der Waals surface area (Å²) in [4.78, 5) is 28.4. The molecule has 8 heteroatoms. The highest BCUT2D eigenvalue weighted by atomic mass is 19.2. The topological polar surface area (TPSA) is 84.2 Å². The molecule has 1 aromatic heterocycles. The van der Waals surface area contributed by atoms with Crippen LogP contribution in [0.2, 0.25) is 0 Å². The minimum absolute atomic E-state index is 0.171. The quantitative estimate of drug-likeness (QED) is 0.706. The Morgan fingerprint density at radius 2 is 1.92 bits per heavy atom. The Morgan fingerprint density at radius 3 is 2.73 bits per heavy atom. The van der Waals surface area contributed by atoms with Gasteiger partial charge in [0.1, 0.15) is 11.2 Å². The average Bonchev–Trinajstić information content (AvgIpc) is 3.09. The Morgan fingerprint density at radius 1 is 1.12 bits per heavy atom. The summed E-state index contributed by atoms with van der Waals surface area (Å²) in [5.41, 5.74) is 0.813. The van der Waals surface area contributed by atoms with Gasteiger partial charge in [0.15, 0.2) is 23.1 Å². The molecule has 0 saturated heterocycles. The van der Waals surface area contributed by atoms with E-state index in [9.17, 15) is 18.4 Å². The molecule has 2 aromatic carbocycles. The van der Waals surface area contributed by atoms with Crippen LogP contribution in [0, 0.1) is 18.6 Å². The minimum Gasteiger partial charge on any atom is -0.441 e. The summed E-state index contributed by atoms with van der Waals surface area (Å²) in [6, 6.07) is 8.33. The first kappa shape index (κ1) is 15.9. The van der Waals surface area contributed by atoms with Crippen molar-refractivity contribution in [2.75, 3.05) is 5.32 Å². The first-order chi connectivity index (χ1) is 12.4. The number of imide groups is 1. The summed E-state index contributed by atoms with van der Waals surface area (Å²) in [5, 5.41) is 4.87. The second-order valence-corrected chi connectivity index (χ2v) is 5.68. The lowest BCUT2D eigenvalue weighted by atomic mass is 10.0. The van der Waals surface area contributed by atoms with Crippen LogP contribution in [0.15, 0.2) is 46.5 Å². The van der Waals surface area contributed by atoms with Crippen molar-refractivity contribution in [1.82, 2.24) is 10.3 Å². The number of carbonyl (C=O) groups is 2. The molecule has 0 fully saturated rings. The number of fused-ring (bicyclic) bond motifs is 1. The van der Waals surface area contributed by atoms with E-state index in [-0.39, 0.29) is 16.8 Å². The van der Waals surface area contributed by atoms with E-state index in [1.165, 1.54) is 12.1 Å². The van der Waals surface area contributed by atoms with Gasteiger partial charge in [0.05, 0.1) is 5.57 Å². The van der Waals surface area contributed by atoms with E-state index in [2.05, 4.69) is 15.6 Å². The number of oxazole rings is 1. The fourth-order valence-corrected chi connectivity index (χ4v) is 2.79. The van der Waals surface area contributed by atoms with Gasteiger partial charge in [0, 0.05) is 24.2 Å². The van der Waals surface area contributed by atoms with Gasteiger partial charge in [-0.05, 0) is 18.2 Å². The zero-order valence-electron chi connectivity index (χ0n) is 13.4. The maximum atomic E-state index is 14.1. The largest absolute Gasteiger partial charge is 0.441 e. The van der Waals surface area contributed by atoms with E-state index >= 15 is 0 Å². The molecular weight excluding hydrogens is 344 g/mol. The molecule has 0 spiro atoms. The first-order valence-corrected chi connectivity index (χ1v) is 7.62. The van der Waals surface area contributed by atoms with Crippen molar-refractivity contribution in [1.29, 1.82) is 0 Å². The molecule has 2 N–H and O–H groups in total. The summed E-state index contributed by atoms with van der Waals surface area (Å²) in [5.74, 6) is -3.37. The van der Waals surface area contributed by atoms with Crippen LogP contribution in [-0.4, -0.2) is 16.8 Å². The van der Waals surface area contributed by atoms with Gasteiger partial charge in [-0.25, -0.2) is 13.8 Å². The molecule has 3 aromatic rings. The number of rotatable bonds is 3. The second kappa shape index (κ2) is 5.76. The van der Waals surface area contributed by atoms with E-state index in [1.54, 1.807) is 25.1 Å². The number of nitrogens with one attached hydrogen (secondary N) is 2. The number of anilines is 1. The summed E-state index contributed by atoms with van der Waals surface area (Å²) in [6.07, 6.45) is 0. The van der Waals surface area contributed by atoms with Crippen LogP contribution < -0.4 is 10.6 Å². The van der Waals surface area contributed by atoms with Crippen LogP contribution in [0.3, 0.4) is 0 Å². The minimum atomic E-state index is -1.20. The molecule has 2 heterocycles. The SMILES string of the molecule is Cc1nc2ccc(NC3=C(c4cccc(F)c4F)C(=O)NC3=O)cc2o1. The summed E-state index contributed by atoms with van der Waals surface area (Å²) < 4.78 is 33.1. The number of amides is 2. The van der Waals surface area contributed by atoms with E-state index < -0.39 is 23.4 Å². The Labute approximate surface area is 145 Å². The maximum absolute atomic E-state index is 14.1. The molecule has 0 bridgehead atoms. The van der Waals surface area contributed by atoms with Crippen LogP contribution in [0.4, 0.5) is 14.5 Å². The number of hydrogen-bond acceptors (Lipinski definition) is 5. The Balaban J connectivity index is 1.82. The second-order valence-electron chi connectivity index (χ2n) is 5.68. The van der Waals surface area contributed by atoms with Gasteiger partial charge in [0.2, 0.25) is 0 Å². The van der Waals surface area contributed by atoms with E-state index in [0.717, 1.165) is 6.07 Å². The van der Waals surface area contributed by atoms with Crippen molar-refractivity contribution >= 4 is 34.2 Å². The molecular formula is C18H11F2N3O3. The Kier molecular flexibility index (Phi) is 3.54. The number of benzene rings is 2. The lowest BCUT2D eigenvalue weighted by molar-refractivity contribution is -0.123. The highest BCUT2D eigenvalue weighted by Crippen LogP contribution is 2.29. The summed E-state index contributed by atoms with van der Waals surface area (Å²) >= 11 is 0. The molecule has 0 aliphatic carbocycles. The predicted octanol–water partition coefficient (Wildman–Crippen LogP) is 2.89. The van der Waals surface area contributed by atoms with E-state index in [1.807, 2.05) is 0 Å². The van der Waals surface area contributed by atoms with Crippen molar-refractivity contribution in [3.8, 4) is 0 Å². The molecule has 1 aliphatic rings. The van der Waals surface area contributed by atoms with Crippen LogP contribution in [0.25, 0.3) is 16.7 Å². The molecule has 0 saturated carbocycles. The zero-order chi connectivity index (χ0) is 18.4. The van der Waals surface area contributed by atoms with Crippen LogP contribution in [-0.2, 0) is 9.59 Å². The summed E-state index contributed by atoms with van der Waals surface area (Å²) in [6.45, 7) is 1.70. The van der Waals surface area contributed by atoms with E-state index in [0.29, 0.717) is 22.7 Å². The fraction of sp³-hybridized carbons (Fsp3) is 0.0556. The molecule has 0 atom stereocenters. The predicted molar refractivity (Wildman–Crippen MR) is 88.8 cm³/mol. The fourth-order valence-electron chi connectivity index (χ4n) is 2.79. The highest BCUT2D eigenvalue weighted by molar-refractivity contribution is 6.36. The van der Waals surface area contributed by atoms with Gasteiger partial charge < -0.3 is 9.73 Å². The smallest absolute Gasteiger partial charge is 0.275 e. The van der Waals surface area contributed by atoms with Gasteiger partial charge >= 0.3 is 0 Å². The number of aryl methyl sites for hydroxylation is 1. The van der Waals surface area contributed by atoms with Crippen molar-refractivity contribution in [3.05, 3.63) is 65.2 Å². The third-order valence-electron chi connectivity index (χ3n) is 3.92. The normalized spacial score (nSPS) is 14.3. The van der Waals surface area contributed by atoms with Gasteiger partial charge in [-0.2, -0.15) is 0 Å². The molecule has 26 heavy (non-hydrogen) atoms. The van der Waals surface area contributed by atoms with Gasteiger partial charge in [-0.3, -0.25) is 14.9 Å². The summed E-state index contributed by atoms with van der Waals surface area (Å²) in [7, 11) is 0. The van der Waals surface area contributed by atoms with Crippen LogP contribution in [0.1, 0.15) is 11.5 Å².